The smallest absolute Gasteiger partial charge is 0.424 e. The van der Waals surface area contributed by atoms with Crippen molar-refractivity contribution in [3.63, 3.8) is 0 Å². The van der Waals surface area contributed by atoms with E-state index in [-0.39, 0.29) is 31.2 Å². The van der Waals surface area contributed by atoms with Crippen LogP contribution in [0.2, 0.25) is 15.1 Å². The number of ether oxygens (including phenoxy) is 2. The number of carbonyl (C=O) groups is 4. The summed E-state index contributed by atoms with van der Waals surface area (Å²) in [5.74, 6) is -5.98. The first kappa shape index (κ1) is 39.9. The standard InChI is InChI=1S/C33H29BrCl5F2N3O6/c1-31(2,3)49-29(47)44(30(48)50-32(4,5)6)26-20(40)9-10-21(25(26)41)43-27(45)16-13-15(7-8-18(16)35)42-28(46)23-22(33(23,38)39)14-11-17(34)24(37)19(36)12-14/h7-13,22-23H,1-6H3,(H,42,46)(H,43,45)/t22-,23+/m0/s1. The Morgan fingerprint density at radius 2 is 1.42 bits per heavy atom. The van der Waals surface area contributed by atoms with E-state index in [1.807, 2.05) is 0 Å². The van der Waals surface area contributed by atoms with Crippen LogP contribution in [-0.2, 0) is 14.3 Å². The fourth-order valence-electron chi connectivity index (χ4n) is 4.72. The molecule has 0 spiro atoms. The van der Waals surface area contributed by atoms with Gasteiger partial charge in [-0.1, -0.05) is 34.8 Å². The summed E-state index contributed by atoms with van der Waals surface area (Å²) in [6.45, 7) is 8.92. The summed E-state index contributed by atoms with van der Waals surface area (Å²) in [5.41, 5.74) is -3.67. The number of hydrogen-bond donors (Lipinski definition) is 2. The summed E-state index contributed by atoms with van der Waals surface area (Å²) in [6.07, 6.45) is -2.86. The average molecular weight is 859 g/mol. The molecule has 4 amide bonds. The van der Waals surface area contributed by atoms with Gasteiger partial charge in [0.2, 0.25) is 5.91 Å². The van der Waals surface area contributed by atoms with Crippen LogP contribution in [0.5, 0.6) is 0 Å². The van der Waals surface area contributed by atoms with Crippen LogP contribution in [0.25, 0.3) is 0 Å². The van der Waals surface area contributed by atoms with Crippen LogP contribution >= 0.6 is 73.9 Å². The fraction of sp³-hybridized carbons (Fsp3) is 0.333. The number of nitrogens with one attached hydrogen (secondary N) is 2. The summed E-state index contributed by atoms with van der Waals surface area (Å²) in [4.78, 5) is 52.8. The molecule has 9 nitrogen and oxygen atoms in total. The number of anilines is 3. The van der Waals surface area contributed by atoms with Crippen LogP contribution in [0, 0.1) is 17.6 Å². The number of alkyl halides is 2. The monoisotopic (exact) mass is 855 g/mol. The van der Waals surface area contributed by atoms with E-state index in [4.69, 9.17) is 67.5 Å². The number of imide groups is 1. The quantitative estimate of drug-likeness (QED) is 0.188. The van der Waals surface area contributed by atoms with Gasteiger partial charge in [-0.3, -0.25) is 9.59 Å². The van der Waals surface area contributed by atoms with E-state index >= 15 is 8.78 Å². The molecule has 0 aliphatic heterocycles. The third-order valence-electron chi connectivity index (χ3n) is 6.87. The molecule has 2 atom stereocenters. The SMILES string of the molecule is CC(C)(C)OC(=O)N(C(=O)OC(C)(C)C)c1c(F)ccc(NC(=O)c2cc(NC(=O)[C@H]3[C@H](c4cc(Cl)c(Cl)c(Br)c4)C3(Cl)Cl)ccc2Cl)c1F. The van der Waals surface area contributed by atoms with Crippen molar-refractivity contribution >= 4 is 115 Å². The number of hydrogen-bond acceptors (Lipinski definition) is 6. The summed E-state index contributed by atoms with van der Waals surface area (Å²) < 4.78 is 40.6. The average Bonchev–Trinajstić information content (AvgIpc) is 3.55. The van der Waals surface area contributed by atoms with Gasteiger partial charge >= 0.3 is 12.2 Å². The van der Waals surface area contributed by atoms with Gasteiger partial charge in [-0.25, -0.2) is 18.4 Å². The zero-order chi connectivity index (χ0) is 37.7. The highest BCUT2D eigenvalue weighted by Gasteiger charge is 2.67. The summed E-state index contributed by atoms with van der Waals surface area (Å²) in [5, 5.41) is 5.31. The predicted octanol–water partition coefficient (Wildman–Crippen LogP) is 11.1. The van der Waals surface area contributed by atoms with Gasteiger partial charge in [0.05, 0.1) is 32.2 Å². The first-order valence-corrected chi connectivity index (χ1v) is 17.3. The molecule has 3 aromatic carbocycles. The highest BCUT2D eigenvalue weighted by atomic mass is 79.9. The Morgan fingerprint density at radius 1 is 0.840 bits per heavy atom. The van der Waals surface area contributed by atoms with Crippen molar-refractivity contribution < 1.29 is 37.4 Å². The highest BCUT2D eigenvalue weighted by molar-refractivity contribution is 9.10. The van der Waals surface area contributed by atoms with Crippen LogP contribution < -0.4 is 15.5 Å². The predicted molar refractivity (Wildman–Crippen MR) is 194 cm³/mol. The molecular formula is C33H29BrCl5F2N3O6. The van der Waals surface area contributed by atoms with Gasteiger partial charge in [-0.05, 0) is 106 Å². The highest BCUT2D eigenvalue weighted by Crippen LogP contribution is 2.65. The van der Waals surface area contributed by atoms with Crippen molar-refractivity contribution in [3.8, 4) is 0 Å². The molecule has 0 heterocycles. The Labute approximate surface area is 319 Å². The Hall–Kier alpha value is -2.87. The van der Waals surface area contributed by atoms with E-state index < -0.39 is 74.4 Å². The molecule has 0 bridgehead atoms. The maximum absolute atomic E-state index is 16.0. The number of halogens is 8. The molecular weight excluding hydrogens is 830 g/mol. The normalized spacial score (nSPS) is 16.7. The molecule has 0 unspecified atom stereocenters. The van der Waals surface area contributed by atoms with E-state index in [2.05, 4.69) is 26.6 Å². The van der Waals surface area contributed by atoms with Gasteiger partial charge in [-0.2, -0.15) is 4.90 Å². The first-order valence-electron chi connectivity index (χ1n) is 14.6. The second-order valence-electron chi connectivity index (χ2n) is 13.1. The molecule has 17 heteroatoms. The van der Waals surface area contributed by atoms with E-state index in [9.17, 15) is 19.2 Å². The summed E-state index contributed by atoms with van der Waals surface area (Å²) in [6, 6.07) is 8.74. The van der Waals surface area contributed by atoms with Gasteiger partial charge in [0.15, 0.2) is 11.6 Å². The van der Waals surface area contributed by atoms with Crippen molar-refractivity contribution in [2.75, 3.05) is 15.5 Å². The summed E-state index contributed by atoms with van der Waals surface area (Å²) >= 11 is 34.9. The van der Waals surface area contributed by atoms with Crippen molar-refractivity contribution in [1.29, 1.82) is 0 Å². The van der Waals surface area contributed by atoms with Crippen molar-refractivity contribution in [3.05, 3.63) is 84.8 Å². The molecule has 1 aliphatic carbocycles. The van der Waals surface area contributed by atoms with Crippen molar-refractivity contribution in [1.82, 2.24) is 0 Å². The molecule has 1 fully saturated rings. The lowest BCUT2D eigenvalue weighted by Crippen LogP contribution is -2.44. The van der Waals surface area contributed by atoms with Crippen LogP contribution in [0.4, 0.5) is 35.4 Å². The molecule has 50 heavy (non-hydrogen) atoms. The van der Waals surface area contributed by atoms with E-state index in [1.54, 1.807) is 12.1 Å². The number of rotatable bonds is 6. The van der Waals surface area contributed by atoms with Crippen LogP contribution in [-0.4, -0.2) is 39.5 Å². The van der Waals surface area contributed by atoms with Gasteiger partial charge in [0.1, 0.15) is 21.2 Å². The Morgan fingerprint density at radius 3 is 1.96 bits per heavy atom. The fourth-order valence-corrected chi connectivity index (χ4v) is 6.68. The molecule has 268 valence electrons. The van der Waals surface area contributed by atoms with Gasteiger partial charge in [0, 0.05) is 16.1 Å². The second-order valence-corrected chi connectivity index (χ2v) is 16.6. The third-order valence-corrected chi connectivity index (χ3v) is 9.80. The Kier molecular flexibility index (Phi) is 11.7. The molecule has 0 radical (unpaired) electrons. The minimum atomic E-state index is -1.50. The molecule has 0 saturated heterocycles. The molecule has 0 aromatic heterocycles. The molecule has 2 N–H and O–H groups in total. The van der Waals surface area contributed by atoms with E-state index in [0.29, 0.717) is 10.0 Å². The minimum absolute atomic E-state index is 0.0650. The van der Waals surface area contributed by atoms with Gasteiger partial charge < -0.3 is 20.1 Å². The number of nitrogens with zero attached hydrogens (tertiary/aromatic N) is 1. The van der Waals surface area contributed by atoms with Crippen LogP contribution in [0.15, 0.2) is 46.9 Å². The maximum atomic E-state index is 16.0. The summed E-state index contributed by atoms with van der Waals surface area (Å²) in [7, 11) is 0. The lowest BCUT2D eigenvalue weighted by Gasteiger charge is -2.29. The van der Waals surface area contributed by atoms with Crippen LogP contribution in [0.1, 0.15) is 63.4 Å². The zero-order valence-electron chi connectivity index (χ0n) is 27.1. The molecule has 4 rings (SSSR count). The molecule has 1 saturated carbocycles. The number of carbonyl (C=O) groups excluding carboxylic acids is 4. The van der Waals surface area contributed by atoms with Crippen molar-refractivity contribution in [2.45, 2.75) is 63.0 Å². The van der Waals surface area contributed by atoms with E-state index in [1.165, 1.54) is 59.7 Å². The third kappa shape index (κ3) is 8.94. The molecule has 1 aliphatic rings. The minimum Gasteiger partial charge on any atom is -0.443 e. The lowest BCUT2D eigenvalue weighted by molar-refractivity contribution is -0.117. The maximum Gasteiger partial charge on any atom is 0.424 e. The first-order chi connectivity index (χ1) is 22.9. The van der Waals surface area contributed by atoms with Crippen molar-refractivity contribution in [2.24, 2.45) is 5.92 Å². The lowest BCUT2D eigenvalue weighted by atomic mass is 10.1. The van der Waals surface area contributed by atoms with Gasteiger partial charge in [0.25, 0.3) is 5.91 Å². The number of amides is 4. The largest absolute Gasteiger partial charge is 0.443 e. The molecule has 3 aromatic rings. The second kappa shape index (κ2) is 14.6. The van der Waals surface area contributed by atoms with Crippen LogP contribution in [0.3, 0.4) is 0 Å². The van der Waals surface area contributed by atoms with E-state index in [0.717, 1.165) is 12.1 Å². The zero-order valence-corrected chi connectivity index (χ0v) is 32.5. The Balaban J connectivity index is 1.60. The van der Waals surface area contributed by atoms with Gasteiger partial charge in [-0.15, -0.1) is 23.2 Å². The number of benzene rings is 3. The topological polar surface area (TPSA) is 114 Å². The Bertz CT molecular complexity index is 1850.